The summed E-state index contributed by atoms with van der Waals surface area (Å²) in [5, 5.41) is 3.36. The van der Waals surface area contributed by atoms with E-state index in [-0.39, 0.29) is 0 Å². The maximum Gasteiger partial charge on any atom is 0.212 e. The van der Waals surface area contributed by atoms with Crippen LogP contribution in [-0.4, -0.2) is 43.3 Å². The number of rotatable bonds is 6. The highest BCUT2D eigenvalue weighted by Crippen LogP contribution is 2.15. The number of guanidine groups is 1. The molecule has 0 bridgehead atoms. The summed E-state index contributed by atoms with van der Waals surface area (Å²) in [5.74, 6) is 1.47. The number of hydrogen-bond acceptors (Lipinski definition) is 4. The minimum Gasteiger partial charge on any atom is -0.481 e. The molecule has 2 aromatic rings. The lowest BCUT2D eigenvalue weighted by Crippen LogP contribution is -2.38. The summed E-state index contributed by atoms with van der Waals surface area (Å²) in [7, 11) is 5.44. The van der Waals surface area contributed by atoms with Gasteiger partial charge in [-0.25, -0.2) is 4.98 Å². The normalized spacial score (nSPS) is 11.2. The minimum absolute atomic E-state index is 0.619. The molecule has 24 heavy (non-hydrogen) atoms. The van der Waals surface area contributed by atoms with Crippen molar-refractivity contribution in [1.82, 2.24) is 15.2 Å². The lowest BCUT2D eigenvalue weighted by Gasteiger charge is -2.22. The van der Waals surface area contributed by atoms with Gasteiger partial charge in [0.1, 0.15) is 0 Å². The molecule has 0 aliphatic rings. The van der Waals surface area contributed by atoms with E-state index in [4.69, 9.17) is 4.74 Å². The van der Waals surface area contributed by atoms with E-state index in [9.17, 15) is 0 Å². The Bertz CT molecular complexity index is 656. The number of hydrogen-bond donors (Lipinski definition) is 1. The summed E-state index contributed by atoms with van der Waals surface area (Å²) in [6.45, 7) is 1.47. The number of nitrogens with zero attached hydrogens (tertiary/aromatic N) is 3. The van der Waals surface area contributed by atoms with Gasteiger partial charge in [-0.3, -0.25) is 4.99 Å². The molecule has 6 heteroatoms. The second kappa shape index (κ2) is 9.17. The van der Waals surface area contributed by atoms with Crippen molar-refractivity contribution in [2.45, 2.75) is 18.0 Å². The predicted molar refractivity (Wildman–Crippen MR) is 101 cm³/mol. The molecule has 0 spiro atoms. The van der Waals surface area contributed by atoms with Crippen LogP contribution in [0.5, 0.6) is 5.88 Å². The number of benzene rings is 1. The van der Waals surface area contributed by atoms with Crippen molar-refractivity contribution in [3.63, 3.8) is 0 Å². The fourth-order valence-electron chi connectivity index (χ4n) is 2.28. The molecule has 0 atom stereocenters. The Labute approximate surface area is 148 Å². The van der Waals surface area contributed by atoms with E-state index in [1.807, 2.05) is 19.2 Å². The third-order valence-corrected chi connectivity index (χ3v) is 4.35. The lowest BCUT2D eigenvalue weighted by molar-refractivity contribution is 0.397. The smallest absolute Gasteiger partial charge is 0.212 e. The minimum atomic E-state index is 0.619. The number of methoxy groups -OCH3 is 1. The molecule has 1 aromatic carbocycles. The molecular weight excluding hydrogens is 320 g/mol. The van der Waals surface area contributed by atoms with E-state index >= 15 is 0 Å². The Morgan fingerprint density at radius 3 is 2.46 bits per heavy atom. The number of pyridine rings is 1. The molecule has 0 aliphatic heterocycles. The first kappa shape index (κ1) is 18.1. The molecule has 0 unspecified atom stereocenters. The zero-order valence-corrected chi connectivity index (χ0v) is 15.4. The van der Waals surface area contributed by atoms with Gasteiger partial charge >= 0.3 is 0 Å². The molecule has 0 radical (unpaired) electrons. The molecule has 1 aromatic heterocycles. The van der Waals surface area contributed by atoms with Gasteiger partial charge < -0.3 is 15.0 Å². The van der Waals surface area contributed by atoms with Crippen molar-refractivity contribution in [1.29, 1.82) is 0 Å². The van der Waals surface area contributed by atoms with Crippen LogP contribution in [0.4, 0.5) is 0 Å². The van der Waals surface area contributed by atoms with Gasteiger partial charge in [0, 0.05) is 44.3 Å². The van der Waals surface area contributed by atoms with Crippen LogP contribution >= 0.6 is 11.8 Å². The van der Waals surface area contributed by atoms with E-state index in [0.717, 1.165) is 18.1 Å². The first-order chi connectivity index (χ1) is 11.7. The van der Waals surface area contributed by atoms with Gasteiger partial charge in [0.2, 0.25) is 5.88 Å². The van der Waals surface area contributed by atoms with Gasteiger partial charge in [0.05, 0.1) is 7.11 Å². The van der Waals surface area contributed by atoms with Crippen molar-refractivity contribution in [3.05, 3.63) is 53.7 Å². The van der Waals surface area contributed by atoms with Crippen LogP contribution in [0.2, 0.25) is 0 Å². The van der Waals surface area contributed by atoms with Crippen LogP contribution in [0.3, 0.4) is 0 Å². The van der Waals surface area contributed by atoms with Crippen LogP contribution in [0.15, 0.2) is 52.5 Å². The first-order valence-electron chi connectivity index (χ1n) is 7.70. The SMILES string of the molecule is CN=C(NCc1ccc(OC)nc1)N(C)Cc1ccc(SC)cc1. The molecular formula is C18H24N4OS. The zero-order chi connectivity index (χ0) is 17.4. The highest BCUT2D eigenvalue weighted by atomic mass is 32.2. The Morgan fingerprint density at radius 2 is 1.92 bits per heavy atom. The molecule has 0 saturated carbocycles. The van der Waals surface area contributed by atoms with Crippen LogP contribution in [0, 0.1) is 0 Å². The Balaban J connectivity index is 1.91. The number of thioether (sulfide) groups is 1. The number of ether oxygens (including phenoxy) is 1. The predicted octanol–water partition coefficient (Wildman–Crippen LogP) is 3.02. The monoisotopic (exact) mass is 344 g/mol. The summed E-state index contributed by atoms with van der Waals surface area (Å²) in [6, 6.07) is 12.5. The third-order valence-electron chi connectivity index (χ3n) is 3.61. The van der Waals surface area contributed by atoms with E-state index in [1.54, 1.807) is 32.1 Å². The molecule has 128 valence electrons. The van der Waals surface area contributed by atoms with Crippen molar-refractivity contribution in [2.24, 2.45) is 4.99 Å². The number of aliphatic imine (C=N–C) groups is 1. The van der Waals surface area contributed by atoms with Crippen molar-refractivity contribution >= 4 is 17.7 Å². The van der Waals surface area contributed by atoms with Crippen LogP contribution in [0.1, 0.15) is 11.1 Å². The zero-order valence-electron chi connectivity index (χ0n) is 14.6. The first-order valence-corrected chi connectivity index (χ1v) is 8.92. The van der Waals surface area contributed by atoms with Gasteiger partial charge in [-0.05, 0) is 29.5 Å². The lowest BCUT2D eigenvalue weighted by atomic mass is 10.2. The van der Waals surface area contributed by atoms with Crippen LogP contribution in [0.25, 0.3) is 0 Å². The van der Waals surface area contributed by atoms with E-state index < -0.39 is 0 Å². The summed E-state index contributed by atoms with van der Waals surface area (Å²) in [6.07, 6.45) is 3.89. The number of aromatic nitrogens is 1. The Hall–Kier alpha value is -2.21. The summed E-state index contributed by atoms with van der Waals surface area (Å²) in [4.78, 5) is 11.9. The van der Waals surface area contributed by atoms with E-state index in [1.165, 1.54) is 10.5 Å². The summed E-state index contributed by atoms with van der Waals surface area (Å²) < 4.78 is 5.07. The Morgan fingerprint density at radius 1 is 1.21 bits per heavy atom. The van der Waals surface area contributed by atoms with Crippen LogP contribution < -0.4 is 10.1 Å². The van der Waals surface area contributed by atoms with Gasteiger partial charge in [-0.15, -0.1) is 11.8 Å². The fourth-order valence-corrected chi connectivity index (χ4v) is 2.69. The van der Waals surface area contributed by atoms with Crippen molar-refractivity contribution in [3.8, 4) is 5.88 Å². The molecule has 2 rings (SSSR count). The quantitative estimate of drug-likeness (QED) is 0.496. The van der Waals surface area contributed by atoms with Gasteiger partial charge in [-0.2, -0.15) is 0 Å². The highest BCUT2D eigenvalue weighted by Gasteiger charge is 2.07. The van der Waals surface area contributed by atoms with Crippen molar-refractivity contribution in [2.75, 3.05) is 27.5 Å². The van der Waals surface area contributed by atoms with E-state index in [0.29, 0.717) is 12.4 Å². The molecule has 0 amide bonds. The van der Waals surface area contributed by atoms with Gasteiger partial charge in [-0.1, -0.05) is 18.2 Å². The molecule has 5 nitrogen and oxygen atoms in total. The second-order valence-electron chi connectivity index (χ2n) is 5.31. The molecule has 0 aliphatic carbocycles. The molecule has 0 saturated heterocycles. The van der Waals surface area contributed by atoms with Crippen molar-refractivity contribution < 1.29 is 4.74 Å². The summed E-state index contributed by atoms with van der Waals surface area (Å²) in [5.41, 5.74) is 2.33. The highest BCUT2D eigenvalue weighted by molar-refractivity contribution is 7.98. The third kappa shape index (κ3) is 5.16. The average Bonchev–Trinajstić information content (AvgIpc) is 2.63. The van der Waals surface area contributed by atoms with Crippen LogP contribution in [-0.2, 0) is 13.1 Å². The fraction of sp³-hybridized carbons (Fsp3) is 0.333. The Kier molecular flexibility index (Phi) is 6.93. The molecule has 1 heterocycles. The maximum atomic E-state index is 5.07. The van der Waals surface area contributed by atoms with Gasteiger partial charge in [0.25, 0.3) is 0 Å². The standard InChI is InChI=1S/C18H24N4OS/c1-19-18(21-12-15-7-10-17(23-3)20-11-15)22(2)13-14-5-8-16(24-4)9-6-14/h5-11H,12-13H2,1-4H3,(H,19,21). The molecule has 1 N–H and O–H groups in total. The largest absolute Gasteiger partial charge is 0.481 e. The number of nitrogens with one attached hydrogen (secondary N) is 1. The van der Waals surface area contributed by atoms with Gasteiger partial charge in [0.15, 0.2) is 5.96 Å². The summed E-state index contributed by atoms with van der Waals surface area (Å²) >= 11 is 1.75. The maximum absolute atomic E-state index is 5.07. The van der Waals surface area contributed by atoms with E-state index in [2.05, 4.69) is 50.7 Å². The average molecular weight is 344 g/mol. The topological polar surface area (TPSA) is 49.8 Å². The molecule has 0 fully saturated rings. The second-order valence-corrected chi connectivity index (χ2v) is 6.19.